The van der Waals surface area contributed by atoms with Gasteiger partial charge in [0.15, 0.2) is 0 Å². The van der Waals surface area contributed by atoms with Crippen molar-refractivity contribution in [1.29, 1.82) is 0 Å². The largest absolute Gasteiger partial charge is 0.508 e. The number of ether oxygens (including phenoxy) is 2. The first-order valence-corrected chi connectivity index (χ1v) is 22.9. The van der Waals surface area contributed by atoms with Crippen molar-refractivity contribution in [3.63, 3.8) is 0 Å². The number of phenolic OH excluding ortho intramolecular Hbond substituents is 2. The Morgan fingerprint density at radius 1 is 0.471 bits per heavy atom. The second-order valence-corrected chi connectivity index (χ2v) is 18.9. The molecule has 10 nitrogen and oxygen atoms in total. The zero-order valence-corrected chi connectivity index (χ0v) is 41.0. The number of phenols is 2. The number of hydrogen-bond acceptors (Lipinski definition) is 8. The van der Waals surface area contributed by atoms with Gasteiger partial charge in [0.05, 0.1) is 10.8 Å². The first kappa shape index (κ1) is 52.9. The van der Waals surface area contributed by atoms with Crippen molar-refractivity contribution in [3.05, 3.63) is 192 Å². The Balaban J connectivity index is 0.000000247. The molecular formula is C56H66Cl2N4O6. The summed E-state index contributed by atoms with van der Waals surface area (Å²) in [7, 11) is 0. The molecule has 6 N–H and O–H groups in total. The fourth-order valence-corrected chi connectivity index (χ4v) is 9.43. The molecule has 2 aliphatic rings. The van der Waals surface area contributed by atoms with E-state index in [1.165, 1.54) is 0 Å². The number of benzene rings is 6. The minimum Gasteiger partial charge on any atom is -0.508 e. The van der Waals surface area contributed by atoms with Crippen molar-refractivity contribution in [1.82, 2.24) is 9.80 Å². The van der Waals surface area contributed by atoms with E-state index in [1.807, 2.05) is 133 Å². The predicted octanol–water partition coefficient (Wildman–Crippen LogP) is 9.81. The van der Waals surface area contributed by atoms with Crippen LogP contribution in [0, 0.1) is 0 Å². The van der Waals surface area contributed by atoms with Gasteiger partial charge >= 0.3 is 0 Å². The predicted molar refractivity (Wildman–Crippen MR) is 275 cm³/mol. The zero-order chi connectivity index (χ0) is 47.0. The number of rotatable bonds is 18. The van der Waals surface area contributed by atoms with Crippen molar-refractivity contribution in [3.8, 4) is 23.0 Å². The van der Waals surface area contributed by atoms with Crippen LogP contribution in [-0.4, -0.2) is 81.3 Å². The lowest BCUT2D eigenvalue weighted by Crippen LogP contribution is -2.62. The monoisotopic (exact) mass is 960 g/mol. The second-order valence-electron chi connectivity index (χ2n) is 18.9. The van der Waals surface area contributed by atoms with Crippen LogP contribution in [0.3, 0.4) is 0 Å². The van der Waals surface area contributed by atoms with Gasteiger partial charge in [-0.1, -0.05) is 133 Å². The van der Waals surface area contributed by atoms with Crippen LogP contribution in [-0.2, 0) is 20.4 Å². The minimum absolute atomic E-state index is 0. The highest BCUT2D eigenvalue weighted by Gasteiger charge is 2.46. The molecule has 2 fully saturated rings. The van der Waals surface area contributed by atoms with Crippen LogP contribution in [0.4, 0.5) is 0 Å². The third-order valence-electron chi connectivity index (χ3n) is 13.8. The Hall–Kier alpha value is -6.04. The van der Waals surface area contributed by atoms with Gasteiger partial charge in [-0.15, -0.1) is 24.8 Å². The third kappa shape index (κ3) is 12.0. The van der Waals surface area contributed by atoms with Crippen LogP contribution < -0.4 is 20.9 Å². The van der Waals surface area contributed by atoms with Crippen LogP contribution in [0.5, 0.6) is 23.0 Å². The van der Waals surface area contributed by atoms with Gasteiger partial charge in [0.25, 0.3) is 0 Å². The second kappa shape index (κ2) is 22.8. The van der Waals surface area contributed by atoms with Crippen molar-refractivity contribution in [2.24, 2.45) is 11.5 Å². The summed E-state index contributed by atoms with van der Waals surface area (Å²) in [4.78, 5) is 30.8. The van der Waals surface area contributed by atoms with Crippen molar-refractivity contribution < 1.29 is 29.3 Å². The van der Waals surface area contributed by atoms with Crippen molar-refractivity contribution in [2.45, 2.75) is 87.5 Å². The average Bonchev–Trinajstić information content (AvgIpc) is 3.28. The number of amides is 2. The van der Waals surface area contributed by atoms with Crippen LogP contribution in [0.25, 0.3) is 0 Å². The van der Waals surface area contributed by atoms with Gasteiger partial charge in [-0.3, -0.25) is 19.4 Å². The van der Waals surface area contributed by atoms with E-state index in [0.717, 1.165) is 61.3 Å². The highest BCUT2D eigenvalue weighted by atomic mass is 35.5. The van der Waals surface area contributed by atoms with E-state index in [1.54, 1.807) is 36.4 Å². The summed E-state index contributed by atoms with van der Waals surface area (Å²) in [5, 5.41) is 19.3. The molecule has 0 bridgehead atoms. The molecule has 0 aliphatic carbocycles. The Bertz CT molecular complexity index is 2260. The molecule has 0 saturated carbocycles. The molecular weight excluding hydrogens is 896 g/mol. The Kier molecular flexibility index (Phi) is 17.8. The number of halogens is 2. The number of primary amides is 2. The lowest BCUT2D eigenvalue weighted by atomic mass is 9.69. The Morgan fingerprint density at radius 2 is 0.750 bits per heavy atom. The molecule has 6 aromatic carbocycles. The van der Waals surface area contributed by atoms with E-state index in [9.17, 15) is 19.8 Å². The number of nitrogens with two attached hydrogens (primary N) is 2. The molecule has 12 heteroatoms. The maximum absolute atomic E-state index is 13.0. The number of aromatic hydroxyl groups is 2. The molecule has 0 unspecified atom stereocenters. The quantitative estimate of drug-likeness (QED) is 0.0665. The lowest BCUT2D eigenvalue weighted by Gasteiger charge is -2.49. The highest BCUT2D eigenvalue weighted by molar-refractivity contribution is 5.91. The van der Waals surface area contributed by atoms with E-state index in [-0.39, 0.29) is 71.4 Å². The Morgan fingerprint density at radius 3 is 1.00 bits per heavy atom. The summed E-state index contributed by atoms with van der Waals surface area (Å²) < 4.78 is 12.0. The first-order valence-electron chi connectivity index (χ1n) is 22.9. The molecule has 0 spiro atoms. The lowest BCUT2D eigenvalue weighted by molar-refractivity contribution is -0.123. The van der Waals surface area contributed by atoms with E-state index in [4.69, 9.17) is 20.9 Å². The maximum atomic E-state index is 13.0. The fraction of sp³-hybridized carbons (Fsp3) is 0.321. The smallest absolute Gasteiger partial charge is 0.232 e. The van der Waals surface area contributed by atoms with Crippen molar-refractivity contribution >= 4 is 36.6 Å². The summed E-state index contributed by atoms with van der Waals surface area (Å²) >= 11 is 0. The molecule has 2 amide bonds. The zero-order valence-electron chi connectivity index (χ0n) is 39.4. The van der Waals surface area contributed by atoms with Gasteiger partial charge in [0.2, 0.25) is 11.8 Å². The molecule has 0 aromatic heterocycles. The molecule has 0 radical (unpaired) electrons. The third-order valence-corrected chi connectivity index (χ3v) is 13.8. The van der Waals surface area contributed by atoms with Gasteiger partial charge in [0.1, 0.15) is 35.2 Å². The molecule has 2 saturated heterocycles. The maximum Gasteiger partial charge on any atom is 0.232 e. The van der Waals surface area contributed by atoms with E-state index < -0.39 is 10.8 Å². The molecule has 360 valence electrons. The summed E-state index contributed by atoms with van der Waals surface area (Å²) in [5.74, 6) is 1.10. The van der Waals surface area contributed by atoms with Gasteiger partial charge < -0.3 is 31.2 Å². The molecule has 2 heterocycles. The van der Waals surface area contributed by atoms with E-state index in [0.29, 0.717) is 24.3 Å². The average molecular weight is 962 g/mol. The molecule has 8 rings (SSSR count). The number of likely N-dealkylation sites (tertiary alicyclic amines) is 2. The van der Waals surface area contributed by atoms with Crippen LogP contribution in [0.2, 0.25) is 0 Å². The van der Waals surface area contributed by atoms with Crippen LogP contribution in [0.1, 0.15) is 75.6 Å². The molecule has 0 atom stereocenters. The summed E-state index contributed by atoms with van der Waals surface area (Å²) in [6.45, 7) is 12.0. The fourth-order valence-electron chi connectivity index (χ4n) is 9.43. The number of carbonyl (C=O) groups excluding carboxylic acids is 2. The summed E-state index contributed by atoms with van der Waals surface area (Å²) in [6.07, 6.45) is 2.96. The minimum atomic E-state index is -0.887. The SMILES string of the molecule is CC(C)(CCC(C(N)=O)(c1ccccc1)c1ccccc1)N1CC(Oc2cccc(O)c2)C1.CC(C)(CCC(C(N)=O)(c1ccccc1)c1ccccc1)N1CC(Oc2cccc(O)c2)C1.Cl.Cl. The standard InChI is InChI=1S/2C28H32N2O3.2ClH/c2*1-27(2,30-19-25(20-30)33-24-15-9-14-23(31)18-24)16-17-28(26(29)32,21-10-5-3-6-11-21)22-12-7-4-8-13-22;;/h2*3-15,18,25,31H,16-17,19-20H2,1-2H3,(H2,29,32);2*1H. The molecule has 68 heavy (non-hydrogen) atoms. The van der Waals surface area contributed by atoms with E-state index in [2.05, 4.69) is 37.5 Å². The summed E-state index contributed by atoms with van der Waals surface area (Å²) in [5.41, 5.74) is 13.9. The summed E-state index contributed by atoms with van der Waals surface area (Å²) in [6, 6.07) is 53.2. The van der Waals surface area contributed by atoms with Gasteiger partial charge in [-0.05, 0) is 99.9 Å². The van der Waals surface area contributed by atoms with Crippen LogP contribution >= 0.6 is 24.8 Å². The van der Waals surface area contributed by atoms with E-state index >= 15 is 0 Å². The molecule has 2 aliphatic heterocycles. The topological polar surface area (TPSA) is 152 Å². The first-order chi connectivity index (χ1) is 31.6. The number of nitrogens with zero attached hydrogens (tertiary/aromatic N) is 2. The van der Waals surface area contributed by atoms with Gasteiger partial charge in [-0.25, -0.2) is 0 Å². The van der Waals surface area contributed by atoms with Gasteiger partial charge in [0, 0.05) is 49.4 Å². The molecule has 6 aromatic rings. The highest BCUT2D eigenvalue weighted by Crippen LogP contribution is 2.42. The van der Waals surface area contributed by atoms with Crippen LogP contribution in [0.15, 0.2) is 170 Å². The van der Waals surface area contributed by atoms with Crippen molar-refractivity contribution in [2.75, 3.05) is 26.2 Å². The van der Waals surface area contributed by atoms with Gasteiger partial charge in [-0.2, -0.15) is 0 Å². The number of carbonyl (C=O) groups is 2. The normalized spacial score (nSPS) is 14.6. The number of hydrogen-bond donors (Lipinski definition) is 4. The Labute approximate surface area is 414 Å².